The SMILES string of the molecule is Cc1nc(CCCNC(=O)c2ncc(C3CC3)cc2OCC2CC2)no1. The largest absolute Gasteiger partial charge is 0.491 e. The Balaban J connectivity index is 1.34. The van der Waals surface area contributed by atoms with Gasteiger partial charge in [0.2, 0.25) is 5.89 Å². The van der Waals surface area contributed by atoms with Gasteiger partial charge in [-0.05, 0) is 55.6 Å². The van der Waals surface area contributed by atoms with E-state index in [4.69, 9.17) is 9.26 Å². The molecule has 7 nitrogen and oxygen atoms in total. The number of hydrogen-bond donors (Lipinski definition) is 1. The zero-order valence-corrected chi connectivity index (χ0v) is 15.0. The van der Waals surface area contributed by atoms with Crippen LogP contribution in [0, 0.1) is 12.8 Å². The molecule has 0 spiro atoms. The van der Waals surface area contributed by atoms with Gasteiger partial charge in [-0.25, -0.2) is 4.98 Å². The van der Waals surface area contributed by atoms with Crippen LogP contribution in [0.3, 0.4) is 0 Å². The Morgan fingerprint density at radius 3 is 2.88 bits per heavy atom. The fourth-order valence-corrected chi connectivity index (χ4v) is 2.85. The van der Waals surface area contributed by atoms with E-state index in [0.717, 1.165) is 6.42 Å². The van der Waals surface area contributed by atoms with Gasteiger partial charge in [-0.2, -0.15) is 4.98 Å². The van der Waals surface area contributed by atoms with Gasteiger partial charge in [0.05, 0.1) is 6.61 Å². The Morgan fingerprint density at radius 2 is 2.19 bits per heavy atom. The summed E-state index contributed by atoms with van der Waals surface area (Å²) >= 11 is 0. The van der Waals surface area contributed by atoms with E-state index in [1.807, 2.05) is 12.3 Å². The second-order valence-electron chi connectivity index (χ2n) is 7.23. The number of nitrogens with one attached hydrogen (secondary N) is 1. The molecule has 26 heavy (non-hydrogen) atoms. The van der Waals surface area contributed by atoms with Crippen molar-refractivity contribution in [3.05, 3.63) is 35.2 Å². The van der Waals surface area contributed by atoms with Crippen LogP contribution < -0.4 is 10.1 Å². The van der Waals surface area contributed by atoms with Crippen molar-refractivity contribution in [2.75, 3.05) is 13.2 Å². The molecule has 2 aliphatic rings. The van der Waals surface area contributed by atoms with Crippen LogP contribution in [-0.2, 0) is 6.42 Å². The smallest absolute Gasteiger partial charge is 0.273 e. The molecule has 0 aromatic carbocycles. The first-order valence-corrected chi connectivity index (χ1v) is 9.39. The lowest BCUT2D eigenvalue weighted by molar-refractivity contribution is 0.0943. The number of ether oxygens (including phenoxy) is 1. The average molecular weight is 356 g/mol. The van der Waals surface area contributed by atoms with Crippen LogP contribution in [0.25, 0.3) is 0 Å². The molecular weight excluding hydrogens is 332 g/mol. The topological polar surface area (TPSA) is 90.1 Å². The minimum Gasteiger partial charge on any atom is -0.491 e. The maximum Gasteiger partial charge on any atom is 0.273 e. The number of aryl methyl sites for hydroxylation is 2. The van der Waals surface area contributed by atoms with Crippen molar-refractivity contribution in [2.45, 2.75) is 51.4 Å². The summed E-state index contributed by atoms with van der Waals surface area (Å²) < 4.78 is 10.9. The number of aromatic nitrogens is 3. The average Bonchev–Trinajstić information content (AvgIpc) is 3.56. The van der Waals surface area contributed by atoms with Gasteiger partial charge in [0.1, 0.15) is 0 Å². The van der Waals surface area contributed by atoms with E-state index in [1.165, 1.54) is 31.2 Å². The molecule has 2 heterocycles. The molecule has 2 aromatic rings. The van der Waals surface area contributed by atoms with Crippen molar-refractivity contribution in [3.8, 4) is 5.75 Å². The Bertz CT molecular complexity index is 781. The Kier molecular flexibility index (Phi) is 4.86. The van der Waals surface area contributed by atoms with Crippen LogP contribution in [0.15, 0.2) is 16.8 Å². The van der Waals surface area contributed by atoms with Crippen LogP contribution in [0.4, 0.5) is 0 Å². The van der Waals surface area contributed by atoms with Gasteiger partial charge in [0.25, 0.3) is 5.91 Å². The Labute approximate surface area is 152 Å². The van der Waals surface area contributed by atoms with Crippen LogP contribution in [-0.4, -0.2) is 34.2 Å². The lowest BCUT2D eigenvalue weighted by Gasteiger charge is -2.12. The summed E-state index contributed by atoms with van der Waals surface area (Å²) in [5.41, 5.74) is 1.56. The summed E-state index contributed by atoms with van der Waals surface area (Å²) in [6, 6.07) is 2.00. The highest BCUT2D eigenvalue weighted by atomic mass is 16.5. The summed E-state index contributed by atoms with van der Waals surface area (Å²) in [5, 5.41) is 6.77. The second kappa shape index (κ2) is 7.43. The molecule has 0 bridgehead atoms. The van der Waals surface area contributed by atoms with Crippen molar-refractivity contribution < 1.29 is 14.1 Å². The molecule has 0 atom stereocenters. The quantitative estimate of drug-likeness (QED) is 0.695. The molecule has 2 fully saturated rings. The summed E-state index contributed by atoms with van der Waals surface area (Å²) in [6.07, 6.45) is 8.05. The molecule has 2 aliphatic carbocycles. The summed E-state index contributed by atoms with van der Waals surface area (Å²) in [7, 11) is 0. The van der Waals surface area contributed by atoms with Gasteiger partial charge >= 0.3 is 0 Å². The van der Waals surface area contributed by atoms with Crippen molar-refractivity contribution in [3.63, 3.8) is 0 Å². The summed E-state index contributed by atoms with van der Waals surface area (Å²) in [6.45, 7) is 2.96. The second-order valence-corrected chi connectivity index (χ2v) is 7.23. The van der Waals surface area contributed by atoms with E-state index in [2.05, 4.69) is 20.4 Å². The molecule has 1 amide bonds. The van der Waals surface area contributed by atoms with Crippen molar-refractivity contribution in [2.24, 2.45) is 5.92 Å². The summed E-state index contributed by atoms with van der Waals surface area (Å²) in [4.78, 5) is 21.1. The molecule has 0 radical (unpaired) electrons. The predicted octanol–water partition coefficient (Wildman–Crippen LogP) is 2.80. The van der Waals surface area contributed by atoms with Gasteiger partial charge in [-0.1, -0.05) is 5.16 Å². The number of carbonyl (C=O) groups is 1. The fraction of sp³-hybridized carbons (Fsp3) is 0.579. The minimum atomic E-state index is -0.192. The maximum atomic E-state index is 12.5. The molecule has 4 rings (SSSR count). The van der Waals surface area contributed by atoms with Crippen LogP contribution in [0.5, 0.6) is 5.75 Å². The van der Waals surface area contributed by atoms with E-state index >= 15 is 0 Å². The normalized spacial score (nSPS) is 16.5. The van der Waals surface area contributed by atoms with Gasteiger partial charge < -0.3 is 14.6 Å². The van der Waals surface area contributed by atoms with Gasteiger partial charge in [0.15, 0.2) is 17.3 Å². The van der Waals surface area contributed by atoms with Gasteiger partial charge in [-0.3, -0.25) is 4.79 Å². The predicted molar refractivity (Wildman–Crippen MR) is 94.1 cm³/mol. The molecule has 0 aliphatic heterocycles. The van der Waals surface area contributed by atoms with Crippen LogP contribution >= 0.6 is 0 Å². The molecule has 138 valence electrons. The first kappa shape index (κ1) is 17.0. The highest BCUT2D eigenvalue weighted by Gasteiger charge is 2.27. The highest BCUT2D eigenvalue weighted by Crippen LogP contribution is 2.41. The minimum absolute atomic E-state index is 0.192. The summed E-state index contributed by atoms with van der Waals surface area (Å²) in [5.74, 6) is 2.86. The third-order valence-corrected chi connectivity index (χ3v) is 4.74. The van der Waals surface area contributed by atoms with Gasteiger partial charge in [-0.15, -0.1) is 0 Å². The van der Waals surface area contributed by atoms with E-state index in [0.29, 0.717) is 54.6 Å². The first-order chi connectivity index (χ1) is 12.7. The van der Waals surface area contributed by atoms with Crippen LogP contribution in [0.2, 0.25) is 0 Å². The number of nitrogens with zero attached hydrogens (tertiary/aromatic N) is 3. The number of pyridine rings is 1. The molecule has 1 N–H and O–H groups in total. The lowest BCUT2D eigenvalue weighted by atomic mass is 10.1. The highest BCUT2D eigenvalue weighted by molar-refractivity contribution is 5.95. The monoisotopic (exact) mass is 356 g/mol. The molecule has 2 aromatic heterocycles. The fourth-order valence-electron chi connectivity index (χ4n) is 2.85. The first-order valence-electron chi connectivity index (χ1n) is 9.39. The zero-order valence-electron chi connectivity index (χ0n) is 15.0. The zero-order chi connectivity index (χ0) is 17.9. The van der Waals surface area contributed by atoms with E-state index < -0.39 is 0 Å². The molecule has 7 heteroatoms. The molecule has 2 saturated carbocycles. The molecular formula is C19H24N4O3. The van der Waals surface area contributed by atoms with Crippen molar-refractivity contribution in [1.29, 1.82) is 0 Å². The van der Waals surface area contributed by atoms with Crippen molar-refractivity contribution >= 4 is 5.91 Å². The van der Waals surface area contributed by atoms with E-state index in [1.54, 1.807) is 6.92 Å². The Morgan fingerprint density at radius 1 is 1.35 bits per heavy atom. The number of carbonyl (C=O) groups excluding carboxylic acids is 1. The van der Waals surface area contributed by atoms with Gasteiger partial charge in [0, 0.05) is 26.1 Å². The molecule has 0 unspecified atom stereocenters. The standard InChI is InChI=1S/C19H24N4O3/c1-12-22-17(23-26-12)3-2-8-20-19(24)18-16(25-11-13-4-5-13)9-15(10-21-18)14-6-7-14/h9-10,13-14H,2-8,11H2,1H3,(H,20,24). The third-order valence-electron chi connectivity index (χ3n) is 4.74. The number of hydrogen-bond acceptors (Lipinski definition) is 6. The van der Waals surface area contributed by atoms with Crippen LogP contribution in [0.1, 0.15) is 65.8 Å². The van der Waals surface area contributed by atoms with E-state index in [9.17, 15) is 4.79 Å². The Hall–Kier alpha value is -2.44. The number of rotatable bonds is 9. The number of amides is 1. The third kappa shape index (κ3) is 4.39. The van der Waals surface area contributed by atoms with E-state index in [-0.39, 0.29) is 5.91 Å². The maximum absolute atomic E-state index is 12.5. The van der Waals surface area contributed by atoms with Crippen molar-refractivity contribution in [1.82, 2.24) is 20.4 Å². The lowest BCUT2D eigenvalue weighted by Crippen LogP contribution is -2.26. The molecule has 0 saturated heterocycles.